The molecule has 3 rings (SSSR count). The first kappa shape index (κ1) is 12.7. The third-order valence-electron chi connectivity index (χ3n) is 3.52. The monoisotopic (exact) mass is 269 g/mol. The lowest BCUT2D eigenvalue weighted by Crippen LogP contribution is -2.02. The summed E-state index contributed by atoms with van der Waals surface area (Å²) in [6.45, 7) is 7.97. The SMILES string of the molecule is C=C1C(c2ccc(C)cc2C)=Nc2cc(F)c(F)cc21. The summed E-state index contributed by atoms with van der Waals surface area (Å²) < 4.78 is 26.6. The molecule has 1 aliphatic rings. The molecule has 1 aliphatic heterocycles. The molecule has 2 aromatic rings. The van der Waals surface area contributed by atoms with Gasteiger partial charge in [-0.1, -0.05) is 30.3 Å². The van der Waals surface area contributed by atoms with Gasteiger partial charge in [-0.2, -0.15) is 0 Å². The van der Waals surface area contributed by atoms with Crippen LogP contribution in [0.2, 0.25) is 0 Å². The minimum atomic E-state index is -0.887. The first-order valence-electron chi connectivity index (χ1n) is 6.32. The first-order chi connectivity index (χ1) is 9.47. The normalized spacial score (nSPS) is 13.4. The molecular weight excluding hydrogens is 256 g/mol. The number of aliphatic imine (C=N–C) groups is 1. The number of aryl methyl sites for hydroxylation is 2. The number of rotatable bonds is 1. The number of benzene rings is 2. The number of fused-ring (bicyclic) bond motifs is 1. The van der Waals surface area contributed by atoms with Crippen LogP contribution in [0.4, 0.5) is 14.5 Å². The van der Waals surface area contributed by atoms with Gasteiger partial charge < -0.3 is 0 Å². The minimum Gasteiger partial charge on any atom is -0.247 e. The molecule has 0 fully saturated rings. The maximum atomic E-state index is 13.3. The second kappa shape index (κ2) is 4.37. The van der Waals surface area contributed by atoms with Crippen LogP contribution in [0.15, 0.2) is 41.9 Å². The Balaban J connectivity index is 2.14. The van der Waals surface area contributed by atoms with Crippen molar-refractivity contribution < 1.29 is 8.78 Å². The Morgan fingerprint density at radius 2 is 1.65 bits per heavy atom. The summed E-state index contributed by atoms with van der Waals surface area (Å²) in [6.07, 6.45) is 0. The lowest BCUT2D eigenvalue weighted by Gasteiger charge is -2.08. The molecule has 100 valence electrons. The van der Waals surface area contributed by atoms with Gasteiger partial charge >= 0.3 is 0 Å². The zero-order chi connectivity index (χ0) is 14.4. The molecule has 2 aromatic carbocycles. The van der Waals surface area contributed by atoms with E-state index in [2.05, 4.69) is 17.6 Å². The van der Waals surface area contributed by atoms with E-state index < -0.39 is 11.6 Å². The van der Waals surface area contributed by atoms with Gasteiger partial charge in [0.25, 0.3) is 0 Å². The van der Waals surface area contributed by atoms with Crippen molar-refractivity contribution in [2.75, 3.05) is 0 Å². The van der Waals surface area contributed by atoms with Crippen molar-refractivity contribution in [1.82, 2.24) is 0 Å². The van der Waals surface area contributed by atoms with Crippen LogP contribution in [-0.2, 0) is 0 Å². The van der Waals surface area contributed by atoms with E-state index in [4.69, 9.17) is 0 Å². The van der Waals surface area contributed by atoms with Crippen molar-refractivity contribution >= 4 is 17.0 Å². The van der Waals surface area contributed by atoms with Crippen LogP contribution in [-0.4, -0.2) is 5.71 Å². The number of halogens is 2. The summed E-state index contributed by atoms with van der Waals surface area (Å²) in [4.78, 5) is 4.41. The van der Waals surface area contributed by atoms with Gasteiger partial charge in [-0.25, -0.2) is 13.8 Å². The predicted octanol–water partition coefficient (Wildman–Crippen LogP) is 4.73. The smallest absolute Gasteiger partial charge is 0.161 e. The Morgan fingerprint density at radius 1 is 0.950 bits per heavy atom. The summed E-state index contributed by atoms with van der Waals surface area (Å²) in [5, 5.41) is 0. The van der Waals surface area contributed by atoms with Crippen LogP contribution in [0.5, 0.6) is 0 Å². The van der Waals surface area contributed by atoms with E-state index >= 15 is 0 Å². The number of allylic oxidation sites excluding steroid dienone is 1. The Bertz CT molecular complexity index is 773. The van der Waals surface area contributed by atoms with Crippen molar-refractivity contribution in [1.29, 1.82) is 0 Å². The second-order valence-corrected chi connectivity index (χ2v) is 5.04. The fourth-order valence-electron chi connectivity index (χ4n) is 2.49. The third-order valence-corrected chi connectivity index (χ3v) is 3.52. The topological polar surface area (TPSA) is 12.4 Å². The average molecular weight is 269 g/mol. The van der Waals surface area contributed by atoms with Crippen LogP contribution in [0.25, 0.3) is 5.57 Å². The summed E-state index contributed by atoms with van der Waals surface area (Å²) in [5.41, 5.74) is 5.47. The minimum absolute atomic E-state index is 0.434. The molecule has 1 heterocycles. The van der Waals surface area contributed by atoms with Crippen molar-refractivity contribution in [2.24, 2.45) is 4.99 Å². The Morgan fingerprint density at radius 3 is 2.35 bits per heavy atom. The number of hydrogen-bond donors (Lipinski definition) is 0. The fraction of sp³-hybridized carbons (Fsp3) is 0.118. The van der Waals surface area contributed by atoms with E-state index in [-0.39, 0.29) is 0 Å². The number of nitrogens with zero attached hydrogens (tertiary/aromatic N) is 1. The summed E-state index contributed by atoms with van der Waals surface area (Å²) >= 11 is 0. The average Bonchev–Trinajstić information content (AvgIpc) is 2.68. The molecule has 0 saturated heterocycles. The standard InChI is InChI=1S/C17H13F2N/c1-9-4-5-12(10(2)6-9)17-11(3)13-7-14(18)15(19)8-16(13)20-17/h4-8H,3H2,1-2H3. The van der Waals surface area contributed by atoms with Gasteiger partial charge in [0.2, 0.25) is 0 Å². The molecule has 0 aromatic heterocycles. The van der Waals surface area contributed by atoms with Gasteiger partial charge in [-0.05, 0) is 25.5 Å². The highest BCUT2D eigenvalue weighted by Crippen LogP contribution is 2.37. The quantitative estimate of drug-likeness (QED) is 0.709. The van der Waals surface area contributed by atoms with E-state index in [1.54, 1.807) is 0 Å². The van der Waals surface area contributed by atoms with Gasteiger partial charge in [0, 0.05) is 22.8 Å². The second-order valence-electron chi connectivity index (χ2n) is 5.04. The summed E-state index contributed by atoms with van der Waals surface area (Å²) in [7, 11) is 0. The molecule has 1 nitrogen and oxygen atoms in total. The Kier molecular flexibility index (Phi) is 2.78. The molecule has 0 amide bonds. The highest BCUT2D eigenvalue weighted by atomic mass is 19.2. The van der Waals surface area contributed by atoms with Crippen LogP contribution in [0, 0.1) is 25.5 Å². The van der Waals surface area contributed by atoms with E-state index in [1.165, 1.54) is 0 Å². The van der Waals surface area contributed by atoms with Crippen LogP contribution in [0.1, 0.15) is 22.3 Å². The van der Waals surface area contributed by atoms with Crippen molar-refractivity contribution in [2.45, 2.75) is 13.8 Å². The first-order valence-corrected chi connectivity index (χ1v) is 6.32. The zero-order valence-electron chi connectivity index (χ0n) is 11.3. The fourth-order valence-corrected chi connectivity index (χ4v) is 2.49. The van der Waals surface area contributed by atoms with Gasteiger partial charge in [-0.3, -0.25) is 0 Å². The van der Waals surface area contributed by atoms with Gasteiger partial charge in [-0.15, -0.1) is 0 Å². The van der Waals surface area contributed by atoms with Gasteiger partial charge in [0.05, 0.1) is 11.4 Å². The third kappa shape index (κ3) is 1.86. The zero-order valence-corrected chi connectivity index (χ0v) is 11.3. The molecule has 0 bridgehead atoms. The van der Waals surface area contributed by atoms with Gasteiger partial charge in [0.15, 0.2) is 11.6 Å². The predicted molar refractivity (Wildman–Crippen MR) is 77.5 cm³/mol. The molecule has 20 heavy (non-hydrogen) atoms. The van der Waals surface area contributed by atoms with E-state index in [0.29, 0.717) is 22.5 Å². The molecule has 0 atom stereocenters. The van der Waals surface area contributed by atoms with Crippen LogP contribution < -0.4 is 0 Å². The lowest BCUT2D eigenvalue weighted by molar-refractivity contribution is 0.509. The summed E-state index contributed by atoms with van der Waals surface area (Å²) in [6, 6.07) is 8.28. The molecule has 3 heteroatoms. The van der Waals surface area contributed by atoms with Crippen LogP contribution in [0.3, 0.4) is 0 Å². The highest BCUT2D eigenvalue weighted by molar-refractivity contribution is 6.35. The van der Waals surface area contributed by atoms with Crippen molar-refractivity contribution in [3.05, 3.63) is 70.8 Å². The van der Waals surface area contributed by atoms with Crippen molar-refractivity contribution in [3.63, 3.8) is 0 Å². The maximum Gasteiger partial charge on any atom is 0.161 e. The molecular formula is C17H13F2N. The largest absolute Gasteiger partial charge is 0.247 e. The van der Waals surface area contributed by atoms with E-state index in [0.717, 1.165) is 28.8 Å². The summed E-state index contributed by atoms with van der Waals surface area (Å²) in [5.74, 6) is -1.76. The lowest BCUT2D eigenvalue weighted by atomic mass is 9.95. The van der Waals surface area contributed by atoms with Gasteiger partial charge in [0.1, 0.15) is 0 Å². The molecule has 0 radical (unpaired) electrons. The molecule has 0 spiro atoms. The van der Waals surface area contributed by atoms with E-state index in [9.17, 15) is 8.78 Å². The van der Waals surface area contributed by atoms with Crippen LogP contribution >= 0.6 is 0 Å². The van der Waals surface area contributed by atoms with E-state index in [1.807, 2.05) is 26.0 Å². The Labute approximate surface area is 116 Å². The maximum absolute atomic E-state index is 13.3. The number of hydrogen-bond acceptors (Lipinski definition) is 1. The molecule has 0 aliphatic carbocycles. The molecule has 0 N–H and O–H groups in total. The Hall–Kier alpha value is -2.29. The molecule has 0 unspecified atom stereocenters. The molecule has 0 saturated carbocycles. The van der Waals surface area contributed by atoms with Crippen molar-refractivity contribution in [3.8, 4) is 0 Å². The highest BCUT2D eigenvalue weighted by Gasteiger charge is 2.23.